The summed E-state index contributed by atoms with van der Waals surface area (Å²) in [6.45, 7) is 3.15. The number of amides is 1. The molecule has 0 saturated carbocycles. The van der Waals surface area contributed by atoms with Crippen molar-refractivity contribution in [2.24, 2.45) is 5.92 Å². The lowest BCUT2D eigenvalue weighted by Gasteiger charge is -2.30. The highest BCUT2D eigenvalue weighted by atomic mass is 32.2. The number of sulfonamides is 1. The lowest BCUT2D eigenvalue weighted by molar-refractivity contribution is -0.121. The maximum atomic E-state index is 12.9. The molecule has 0 unspecified atom stereocenters. The maximum absolute atomic E-state index is 12.9. The quantitative estimate of drug-likeness (QED) is 0.460. The van der Waals surface area contributed by atoms with E-state index in [4.69, 9.17) is 9.26 Å². The number of nitrogens with one attached hydrogen (secondary N) is 1. The van der Waals surface area contributed by atoms with E-state index in [1.165, 1.54) is 0 Å². The highest BCUT2D eigenvalue weighted by molar-refractivity contribution is 7.89. The number of anilines is 1. The summed E-state index contributed by atoms with van der Waals surface area (Å²) in [5.74, 6) is 1.68. The molecule has 11 heteroatoms. The molecule has 5 rings (SSSR count). The Morgan fingerprint density at radius 3 is 2.34 bits per heavy atom. The number of benzene rings is 2. The Bertz CT molecular complexity index is 1330. The minimum Gasteiger partial charge on any atom is -0.497 e. The fourth-order valence-electron chi connectivity index (χ4n) is 4.93. The first kappa shape index (κ1) is 26.3. The number of carbonyl (C=O) groups excluding carboxylic acids is 1. The van der Waals surface area contributed by atoms with E-state index in [-0.39, 0.29) is 16.7 Å². The van der Waals surface area contributed by atoms with E-state index in [2.05, 4.69) is 20.4 Å². The molecular weight excluding hydrogens is 506 g/mol. The lowest BCUT2D eigenvalue weighted by atomic mass is 9.96. The van der Waals surface area contributed by atoms with Gasteiger partial charge < -0.3 is 14.6 Å². The van der Waals surface area contributed by atoms with Crippen molar-refractivity contribution in [3.63, 3.8) is 0 Å². The molecule has 2 aromatic carbocycles. The van der Waals surface area contributed by atoms with Gasteiger partial charge in [-0.3, -0.25) is 9.69 Å². The molecule has 38 heavy (non-hydrogen) atoms. The normalized spacial score (nSPS) is 17.8. The molecule has 1 N–H and O–H groups in total. The summed E-state index contributed by atoms with van der Waals surface area (Å²) in [6.07, 6.45) is 4.29. The number of hydrogen-bond acceptors (Lipinski definition) is 8. The number of nitrogens with zero attached hydrogens (tertiary/aromatic N) is 4. The van der Waals surface area contributed by atoms with Gasteiger partial charge in [-0.1, -0.05) is 11.6 Å². The standard InChI is InChI=1S/C27H33N5O5S/c1-36-23-9-5-20(6-10-23)26-29-25(37-30-26)19-31-17-13-21(14-18-31)27(33)28-22-7-11-24(12-8-22)38(34,35)32-15-3-2-4-16-32/h5-12,21H,2-4,13-19H2,1H3,(H,28,33). The minimum atomic E-state index is -3.48. The Balaban J connectivity index is 1.10. The minimum absolute atomic E-state index is 0.0455. The third kappa shape index (κ3) is 6.06. The zero-order chi connectivity index (χ0) is 26.5. The molecule has 10 nitrogen and oxygen atoms in total. The molecule has 0 spiro atoms. The monoisotopic (exact) mass is 539 g/mol. The van der Waals surface area contributed by atoms with Crippen LogP contribution in [0.25, 0.3) is 11.4 Å². The summed E-state index contributed by atoms with van der Waals surface area (Å²) in [5.41, 5.74) is 1.46. The number of likely N-dealkylation sites (tertiary alicyclic amines) is 1. The molecule has 1 amide bonds. The number of methoxy groups -OCH3 is 1. The van der Waals surface area contributed by atoms with Gasteiger partial charge in [-0.15, -0.1) is 0 Å². The number of piperidine rings is 2. The zero-order valence-electron chi connectivity index (χ0n) is 21.5. The van der Waals surface area contributed by atoms with Crippen LogP contribution in [-0.4, -0.2) is 67.0 Å². The van der Waals surface area contributed by atoms with Gasteiger partial charge >= 0.3 is 0 Å². The molecule has 2 aliphatic heterocycles. The molecule has 3 heterocycles. The van der Waals surface area contributed by atoms with Gasteiger partial charge in [-0.2, -0.15) is 9.29 Å². The molecule has 202 valence electrons. The van der Waals surface area contributed by atoms with Gasteiger partial charge in [-0.05, 0) is 87.3 Å². The van der Waals surface area contributed by atoms with Crippen molar-refractivity contribution in [3.8, 4) is 17.1 Å². The van der Waals surface area contributed by atoms with Crippen LogP contribution in [0.15, 0.2) is 57.9 Å². The van der Waals surface area contributed by atoms with Crippen molar-refractivity contribution in [2.45, 2.75) is 43.5 Å². The molecule has 0 bridgehead atoms. The van der Waals surface area contributed by atoms with Gasteiger partial charge in [-0.25, -0.2) is 8.42 Å². The van der Waals surface area contributed by atoms with Gasteiger partial charge in [0.05, 0.1) is 18.6 Å². The van der Waals surface area contributed by atoms with E-state index in [1.807, 2.05) is 24.3 Å². The number of hydrogen-bond donors (Lipinski definition) is 1. The second-order valence-electron chi connectivity index (χ2n) is 9.77. The average molecular weight is 540 g/mol. The van der Waals surface area contributed by atoms with Crippen LogP contribution < -0.4 is 10.1 Å². The third-order valence-corrected chi connectivity index (χ3v) is 9.12. The molecule has 2 aliphatic rings. The van der Waals surface area contributed by atoms with E-state index >= 15 is 0 Å². The number of carbonyl (C=O) groups is 1. The van der Waals surface area contributed by atoms with Crippen molar-refractivity contribution in [3.05, 3.63) is 54.4 Å². The van der Waals surface area contributed by atoms with Gasteiger partial charge in [0.1, 0.15) is 5.75 Å². The Kier molecular flexibility index (Phi) is 8.06. The predicted octanol–water partition coefficient (Wildman–Crippen LogP) is 3.77. The number of aromatic nitrogens is 2. The van der Waals surface area contributed by atoms with Gasteiger partial charge in [0.25, 0.3) is 0 Å². The molecule has 1 aromatic heterocycles. The van der Waals surface area contributed by atoms with E-state index in [9.17, 15) is 13.2 Å². The molecular formula is C27H33N5O5S. The van der Waals surface area contributed by atoms with Crippen molar-refractivity contribution in [1.82, 2.24) is 19.3 Å². The fourth-order valence-corrected chi connectivity index (χ4v) is 6.45. The highest BCUT2D eigenvalue weighted by Gasteiger charge is 2.28. The largest absolute Gasteiger partial charge is 0.497 e. The smallest absolute Gasteiger partial charge is 0.243 e. The summed E-state index contributed by atoms with van der Waals surface area (Å²) < 4.78 is 37.9. The topological polar surface area (TPSA) is 118 Å². The molecule has 2 saturated heterocycles. The molecule has 0 atom stereocenters. The second-order valence-corrected chi connectivity index (χ2v) is 11.7. The van der Waals surface area contributed by atoms with E-state index in [0.717, 1.165) is 43.7 Å². The van der Waals surface area contributed by atoms with Crippen LogP contribution in [-0.2, 0) is 21.4 Å². The molecule has 2 fully saturated rings. The second kappa shape index (κ2) is 11.6. The van der Waals surface area contributed by atoms with E-state index in [1.54, 1.807) is 35.7 Å². The van der Waals surface area contributed by atoms with Crippen LogP contribution in [0.5, 0.6) is 5.75 Å². The average Bonchev–Trinajstić information content (AvgIpc) is 3.42. The van der Waals surface area contributed by atoms with Crippen molar-refractivity contribution in [2.75, 3.05) is 38.6 Å². The van der Waals surface area contributed by atoms with Crippen molar-refractivity contribution < 1.29 is 22.5 Å². The van der Waals surface area contributed by atoms with Crippen LogP contribution in [0.4, 0.5) is 5.69 Å². The Morgan fingerprint density at radius 1 is 1.00 bits per heavy atom. The van der Waals surface area contributed by atoms with Gasteiger partial charge in [0.2, 0.25) is 27.6 Å². The van der Waals surface area contributed by atoms with Crippen molar-refractivity contribution >= 4 is 21.6 Å². The Hall–Kier alpha value is -3.28. The number of ether oxygens (including phenoxy) is 1. The predicted molar refractivity (Wildman–Crippen MR) is 142 cm³/mol. The summed E-state index contributed by atoms with van der Waals surface area (Å²) in [6, 6.07) is 14.0. The SMILES string of the molecule is COc1ccc(-c2noc(CN3CCC(C(=O)Nc4ccc(S(=O)(=O)N5CCCCC5)cc4)CC3)n2)cc1. The summed E-state index contributed by atoms with van der Waals surface area (Å²) in [5, 5.41) is 7.04. The van der Waals surface area contributed by atoms with Crippen LogP contribution in [0.2, 0.25) is 0 Å². The molecule has 3 aromatic rings. The van der Waals surface area contributed by atoms with E-state index < -0.39 is 10.0 Å². The van der Waals surface area contributed by atoms with Crippen LogP contribution in [0.1, 0.15) is 38.0 Å². The lowest BCUT2D eigenvalue weighted by Crippen LogP contribution is -2.37. The van der Waals surface area contributed by atoms with Gasteiger partial charge in [0, 0.05) is 30.3 Å². The summed E-state index contributed by atoms with van der Waals surface area (Å²) in [4.78, 5) is 19.8. The first-order valence-electron chi connectivity index (χ1n) is 13.0. The Labute approximate surface area is 223 Å². The Morgan fingerprint density at radius 2 is 1.68 bits per heavy atom. The first-order valence-corrected chi connectivity index (χ1v) is 14.5. The zero-order valence-corrected chi connectivity index (χ0v) is 22.3. The molecule has 0 aliphatic carbocycles. The summed E-state index contributed by atoms with van der Waals surface area (Å²) >= 11 is 0. The molecule has 0 radical (unpaired) electrons. The fraction of sp³-hybridized carbons (Fsp3) is 0.444. The summed E-state index contributed by atoms with van der Waals surface area (Å²) in [7, 11) is -1.86. The van der Waals surface area contributed by atoms with Crippen LogP contribution >= 0.6 is 0 Å². The first-order chi connectivity index (χ1) is 18.4. The third-order valence-electron chi connectivity index (χ3n) is 7.21. The highest BCUT2D eigenvalue weighted by Crippen LogP contribution is 2.25. The number of rotatable bonds is 8. The van der Waals surface area contributed by atoms with Crippen LogP contribution in [0.3, 0.4) is 0 Å². The maximum Gasteiger partial charge on any atom is 0.243 e. The van der Waals surface area contributed by atoms with Crippen LogP contribution in [0, 0.1) is 5.92 Å². The van der Waals surface area contributed by atoms with E-state index in [0.29, 0.717) is 49.9 Å². The van der Waals surface area contributed by atoms with Gasteiger partial charge in [0.15, 0.2) is 0 Å². The van der Waals surface area contributed by atoms with Crippen molar-refractivity contribution in [1.29, 1.82) is 0 Å².